The van der Waals surface area contributed by atoms with Crippen molar-refractivity contribution in [3.8, 4) is 22.6 Å². The number of hydrogen-bond acceptors (Lipinski definition) is 6. The lowest BCUT2D eigenvalue weighted by atomic mass is 9.96. The number of nitrogens with one attached hydrogen (secondary N) is 1. The average Bonchev–Trinajstić information content (AvgIpc) is 3.29. The van der Waals surface area contributed by atoms with E-state index in [1.165, 1.54) is 0 Å². The van der Waals surface area contributed by atoms with E-state index in [2.05, 4.69) is 10.2 Å². The molecule has 0 spiro atoms. The summed E-state index contributed by atoms with van der Waals surface area (Å²) in [5.74, 6) is 1.39. The molecule has 4 rings (SSSR count). The average molecular weight is 465 g/mol. The molecule has 0 saturated carbocycles. The summed E-state index contributed by atoms with van der Waals surface area (Å²) in [7, 11) is 3.29. The lowest BCUT2D eigenvalue weighted by Gasteiger charge is -2.26. The van der Waals surface area contributed by atoms with E-state index in [1.807, 2.05) is 44.2 Å². The predicted molar refractivity (Wildman–Crippen MR) is 133 cm³/mol. The maximum atomic E-state index is 12.6. The van der Waals surface area contributed by atoms with Gasteiger partial charge in [0.05, 0.1) is 33.7 Å². The first-order valence-corrected chi connectivity index (χ1v) is 11.5. The molecular weight excluding hydrogens is 432 g/mol. The van der Waals surface area contributed by atoms with Crippen LogP contribution in [0.2, 0.25) is 0 Å². The number of fused-ring (bicyclic) bond motifs is 1. The molecule has 1 fully saturated rings. The zero-order valence-corrected chi connectivity index (χ0v) is 20.3. The molecule has 7 heteroatoms. The van der Waals surface area contributed by atoms with E-state index in [-0.39, 0.29) is 5.91 Å². The summed E-state index contributed by atoms with van der Waals surface area (Å²) in [6.45, 7) is 8.63. The highest BCUT2D eigenvalue weighted by atomic mass is 16.5. The van der Waals surface area contributed by atoms with Gasteiger partial charge in [0.2, 0.25) is 5.91 Å². The number of amides is 1. The van der Waals surface area contributed by atoms with Crippen molar-refractivity contribution in [1.29, 1.82) is 0 Å². The fourth-order valence-electron chi connectivity index (χ4n) is 4.35. The molecule has 1 aliphatic heterocycles. The van der Waals surface area contributed by atoms with Crippen molar-refractivity contribution in [2.45, 2.75) is 13.8 Å². The second-order valence-electron chi connectivity index (χ2n) is 8.41. The van der Waals surface area contributed by atoms with Gasteiger partial charge >= 0.3 is 0 Å². The first kappa shape index (κ1) is 23.9. The van der Waals surface area contributed by atoms with Crippen LogP contribution in [0.1, 0.15) is 18.1 Å². The smallest absolute Gasteiger partial charge is 0.244 e. The Morgan fingerprint density at radius 3 is 2.56 bits per heavy atom. The van der Waals surface area contributed by atoms with E-state index in [4.69, 9.17) is 18.6 Å². The minimum Gasteiger partial charge on any atom is -0.497 e. The van der Waals surface area contributed by atoms with Gasteiger partial charge in [0.25, 0.3) is 0 Å². The zero-order valence-electron chi connectivity index (χ0n) is 20.3. The Morgan fingerprint density at radius 2 is 1.88 bits per heavy atom. The fraction of sp³-hybridized carbons (Fsp3) is 0.370. The third-order valence-electron chi connectivity index (χ3n) is 6.25. The number of hydrogen-bond donors (Lipinski definition) is 1. The molecule has 34 heavy (non-hydrogen) atoms. The van der Waals surface area contributed by atoms with Crippen LogP contribution in [0.25, 0.3) is 27.7 Å². The van der Waals surface area contributed by atoms with Gasteiger partial charge in [-0.1, -0.05) is 12.1 Å². The molecule has 1 N–H and O–H groups in total. The largest absolute Gasteiger partial charge is 0.497 e. The van der Waals surface area contributed by atoms with Gasteiger partial charge in [-0.25, -0.2) is 0 Å². The first-order chi connectivity index (χ1) is 16.5. The van der Waals surface area contributed by atoms with E-state index in [0.29, 0.717) is 12.3 Å². The summed E-state index contributed by atoms with van der Waals surface area (Å²) >= 11 is 0. The van der Waals surface area contributed by atoms with Gasteiger partial charge in [0.15, 0.2) is 0 Å². The van der Waals surface area contributed by atoms with Crippen LogP contribution in [0.15, 0.2) is 47.1 Å². The van der Waals surface area contributed by atoms with Crippen molar-refractivity contribution in [2.75, 3.05) is 53.6 Å². The van der Waals surface area contributed by atoms with E-state index in [9.17, 15) is 4.79 Å². The Bertz CT molecular complexity index is 1170. The molecule has 2 heterocycles. The number of furan rings is 1. The summed E-state index contributed by atoms with van der Waals surface area (Å²) in [6.07, 6.45) is 3.40. The third-order valence-corrected chi connectivity index (χ3v) is 6.25. The van der Waals surface area contributed by atoms with Gasteiger partial charge in [0, 0.05) is 54.3 Å². The Kier molecular flexibility index (Phi) is 7.55. The standard InChI is InChI=1S/C27H32N2O5/c1-18(15-25(30)28-9-10-29-11-13-33-14-12-29)22-16-23-24(20-5-7-21(31-3)8-6-20)17-34-27(23)19(2)26(22)32-4/h5-8,15-17H,9-14H2,1-4H3,(H,28,30)/b18-15+. The zero-order chi connectivity index (χ0) is 24.1. The van der Waals surface area contributed by atoms with Crippen molar-refractivity contribution < 1.29 is 23.4 Å². The number of benzene rings is 2. The second-order valence-corrected chi connectivity index (χ2v) is 8.41. The minimum absolute atomic E-state index is 0.117. The molecule has 0 radical (unpaired) electrons. The third kappa shape index (κ3) is 5.11. The summed E-state index contributed by atoms with van der Waals surface area (Å²) in [6, 6.07) is 9.91. The van der Waals surface area contributed by atoms with E-state index in [1.54, 1.807) is 26.6 Å². The Labute approximate surface area is 200 Å². The summed E-state index contributed by atoms with van der Waals surface area (Å²) in [5.41, 5.74) is 5.37. The molecule has 0 bridgehead atoms. The molecule has 1 aliphatic rings. The molecule has 7 nitrogen and oxygen atoms in total. The van der Waals surface area contributed by atoms with E-state index < -0.39 is 0 Å². The van der Waals surface area contributed by atoms with Crippen LogP contribution in [0.3, 0.4) is 0 Å². The topological polar surface area (TPSA) is 73.2 Å². The fourth-order valence-corrected chi connectivity index (χ4v) is 4.35. The normalized spacial score (nSPS) is 14.9. The van der Waals surface area contributed by atoms with Crippen LogP contribution in [-0.2, 0) is 9.53 Å². The molecule has 3 aromatic rings. The van der Waals surface area contributed by atoms with Crippen LogP contribution < -0.4 is 14.8 Å². The maximum absolute atomic E-state index is 12.6. The van der Waals surface area contributed by atoms with Gasteiger partial charge in [-0.05, 0) is 43.2 Å². The number of carbonyl (C=O) groups is 1. The molecule has 0 aliphatic carbocycles. The monoisotopic (exact) mass is 464 g/mol. The van der Waals surface area contributed by atoms with Crippen LogP contribution in [0.4, 0.5) is 0 Å². The number of aryl methyl sites for hydroxylation is 1. The summed E-state index contributed by atoms with van der Waals surface area (Å²) in [5, 5.41) is 3.97. The highest BCUT2D eigenvalue weighted by Crippen LogP contribution is 2.40. The number of nitrogens with zero attached hydrogens (tertiary/aromatic N) is 1. The van der Waals surface area contributed by atoms with Crippen LogP contribution in [0, 0.1) is 6.92 Å². The lowest BCUT2D eigenvalue weighted by Crippen LogP contribution is -2.41. The molecule has 180 valence electrons. The number of ether oxygens (including phenoxy) is 3. The predicted octanol–water partition coefficient (Wildman–Crippen LogP) is 4.28. The van der Waals surface area contributed by atoms with Crippen molar-refractivity contribution in [2.24, 2.45) is 0 Å². The number of rotatable bonds is 8. The van der Waals surface area contributed by atoms with E-state index in [0.717, 1.165) is 77.4 Å². The maximum Gasteiger partial charge on any atom is 0.244 e. The molecule has 0 unspecified atom stereocenters. The summed E-state index contributed by atoms with van der Waals surface area (Å²) in [4.78, 5) is 14.9. The molecule has 1 aromatic heterocycles. The highest BCUT2D eigenvalue weighted by Gasteiger charge is 2.19. The second kappa shape index (κ2) is 10.8. The number of allylic oxidation sites excluding steroid dienone is 1. The van der Waals surface area contributed by atoms with Crippen LogP contribution >= 0.6 is 0 Å². The number of methoxy groups -OCH3 is 2. The quantitative estimate of drug-likeness (QED) is 0.502. The van der Waals surface area contributed by atoms with Gasteiger partial charge in [-0.3, -0.25) is 9.69 Å². The van der Waals surface area contributed by atoms with Gasteiger partial charge in [-0.2, -0.15) is 0 Å². The molecule has 2 aromatic carbocycles. The minimum atomic E-state index is -0.117. The molecular formula is C27H32N2O5. The Hall–Kier alpha value is -3.29. The van der Waals surface area contributed by atoms with Crippen LogP contribution in [0.5, 0.6) is 11.5 Å². The molecule has 1 saturated heterocycles. The van der Waals surface area contributed by atoms with Crippen LogP contribution in [-0.4, -0.2) is 64.4 Å². The van der Waals surface area contributed by atoms with Gasteiger partial charge in [-0.15, -0.1) is 0 Å². The highest BCUT2D eigenvalue weighted by molar-refractivity contribution is 6.01. The van der Waals surface area contributed by atoms with Crippen molar-refractivity contribution in [3.63, 3.8) is 0 Å². The van der Waals surface area contributed by atoms with Gasteiger partial charge < -0.3 is 23.9 Å². The van der Waals surface area contributed by atoms with Crippen molar-refractivity contribution in [1.82, 2.24) is 10.2 Å². The van der Waals surface area contributed by atoms with Crippen molar-refractivity contribution >= 4 is 22.4 Å². The number of carbonyl (C=O) groups excluding carboxylic acids is 1. The van der Waals surface area contributed by atoms with Crippen molar-refractivity contribution in [3.05, 3.63) is 53.8 Å². The van der Waals surface area contributed by atoms with Gasteiger partial charge in [0.1, 0.15) is 17.1 Å². The molecule has 1 amide bonds. The van der Waals surface area contributed by atoms with E-state index >= 15 is 0 Å². The Balaban J connectivity index is 1.59. The molecule has 0 atom stereocenters. The summed E-state index contributed by atoms with van der Waals surface area (Å²) < 4.78 is 22.3. The first-order valence-electron chi connectivity index (χ1n) is 11.5. The lowest BCUT2D eigenvalue weighted by molar-refractivity contribution is -0.116. The Morgan fingerprint density at radius 1 is 1.15 bits per heavy atom. The SMILES string of the molecule is COc1ccc(-c2coc3c(C)c(OC)c(/C(C)=C/C(=O)NCCN4CCOCC4)cc23)cc1. The number of morpholine rings is 1.